The van der Waals surface area contributed by atoms with Gasteiger partial charge in [0.05, 0.1) is 5.60 Å². The summed E-state index contributed by atoms with van der Waals surface area (Å²) in [6, 6.07) is 0. The predicted molar refractivity (Wildman–Crippen MR) is 91.5 cm³/mol. The van der Waals surface area contributed by atoms with E-state index in [9.17, 15) is 9.90 Å². The van der Waals surface area contributed by atoms with Crippen LogP contribution in [0.25, 0.3) is 0 Å². The summed E-state index contributed by atoms with van der Waals surface area (Å²) in [6.07, 6.45) is 8.17. The van der Waals surface area contributed by atoms with Gasteiger partial charge in [-0.25, -0.2) is 0 Å². The van der Waals surface area contributed by atoms with Gasteiger partial charge in [-0.2, -0.15) is 0 Å². The molecule has 5 atom stereocenters. The molecule has 1 fully saturated rings. The Labute approximate surface area is 135 Å². The van der Waals surface area contributed by atoms with Crippen molar-refractivity contribution in [2.75, 3.05) is 0 Å². The van der Waals surface area contributed by atoms with E-state index in [0.717, 1.165) is 6.42 Å². The third-order valence-corrected chi connectivity index (χ3v) is 7.08. The summed E-state index contributed by atoms with van der Waals surface area (Å²) >= 11 is 0. The minimum atomic E-state index is -0.819. The van der Waals surface area contributed by atoms with Crippen LogP contribution in [0.15, 0.2) is 24.3 Å². The molecule has 0 aromatic carbocycles. The van der Waals surface area contributed by atoms with Crippen molar-refractivity contribution in [1.82, 2.24) is 0 Å². The number of ketones is 1. The van der Waals surface area contributed by atoms with E-state index in [1.807, 2.05) is 13.0 Å². The first-order valence-electron chi connectivity index (χ1n) is 8.63. The third kappa shape index (κ3) is 2.82. The molecule has 0 aliphatic heterocycles. The molecular formula is C20H32O2. The Hall–Kier alpha value is -0.890. The van der Waals surface area contributed by atoms with Crippen LogP contribution in [0.2, 0.25) is 0 Å². The summed E-state index contributed by atoms with van der Waals surface area (Å²) in [5.41, 5.74) is 0.655. The molecule has 0 aromatic rings. The molecule has 1 N–H and O–H groups in total. The average molecular weight is 304 g/mol. The summed E-state index contributed by atoms with van der Waals surface area (Å²) in [6.45, 7) is 14.7. The van der Waals surface area contributed by atoms with E-state index in [4.69, 9.17) is 0 Å². The Balaban J connectivity index is 2.34. The molecule has 0 aromatic heterocycles. The zero-order valence-corrected chi connectivity index (χ0v) is 14.9. The molecule has 0 heterocycles. The summed E-state index contributed by atoms with van der Waals surface area (Å²) in [4.78, 5) is 12.2. The van der Waals surface area contributed by atoms with Crippen LogP contribution in [0.1, 0.15) is 66.7 Å². The molecule has 5 unspecified atom stereocenters. The van der Waals surface area contributed by atoms with Gasteiger partial charge in [0.25, 0.3) is 0 Å². The van der Waals surface area contributed by atoms with E-state index < -0.39 is 5.60 Å². The van der Waals surface area contributed by atoms with E-state index >= 15 is 0 Å². The molecule has 0 spiro atoms. The molecule has 0 amide bonds. The molecule has 2 aliphatic carbocycles. The van der Waals surface area contributed by atoms with Crippen molar-refractivity contribution in [2.24, 2.45) is 22.7 Å². The Morgan fingerprint density at radius 3 is 2.73 bits per heavy atom. The maximum Gasteiger partial charge on any atom is 0.155 e. The number of carbonyl (C=O) groups is 1. The van der Waals surface area contributed by atoms with Crippen LogP contribution in [-0.4, -0.2) is 16.5 Å². The van der Waals surface area contributed by atoms with Crippen molar-refractivity contribution in [3.05, 3.63) is 24.3 Å². The highest BCUT2D eigenvalue weighted by molar-refractivity contribution is 5.92. The van der Waals surface area contributed by atoms with Gasteiger partial charge < -0.3 is 5.11 Å². The van der Waals surface area contributed by atoms with Gasteiger partial charge in [0, 0.05) is 6.42 Å². The molecule has 2 heteroatoms. The zero-order valence-electron chi connectivity index (χ0n) is 14.9. The van der Waals surface area contributed by atoms with Crippen LogP contribution in [-0.2, 0) is 4.79 Å². The number of allylic oxidation sites excluding steroid dienone is 2. The average Bonchev–Trinajstić information content (AvgIpc) is 2.45. The Morgan fingerprint density at radius 1 is 1.50 bits per heavy atom. The van der Waals surface area contributed by atoms with Gasteiger partial charge in [-0.1, -0.05) is 32.4 Å². The van der Waals surface area contributed by atoms with Gasteiger partial charge in [0.1, 0.15) is 0 Å². The summed E-state index contributed by atoms with van der Waals surface area (Å²) < 4.78 is 0. The zero-order chi connectivity index (χ0) is 16.8. The van der Waals surface area contributed by atoms with E-state index in [2.05, 4.69) is 34.3 Å². The van der Waals surface area contributed by atoms with Crippen molar-refractivity contribution >= 4 is 5.78 Å². The number of hydrogen-bond acceptors (Lipinski definition) is 2. The Kier molecular flexibility index (Phi) is 4.47. The minimum Gasteiger partial charge on any atom is -0.386 e. The van der Waals surface area contributed by atoms with Crippen molar-refractivity contribution in [2.45, 2.75) is 72.3 Å². The summed E-state index contributed by atoms with van der Waals surface area (Å²) in [7, 11) is 0. The molecule has 124 valence electrons. The van der Waals surface area contributed by atoms with Crippen molar-refractivity contribution in [1.29, 1.82) is 0 Å². The maximum absolute atomic E-state index is 12.2. The van der Waals surface area contributed by atoms with Gasteiger partial charge >= 0.3 is 0 Å². The predicted octanol–water partition coefficient (Wildman–Crippen LogP) is 4.68. The van der Waals surface area contributed by atoms with Gasteiger partial charge in [0.2, 0.25) is 0 Å². The molecule has 22 heavy (non-hydrogen) atoms. The number of carbonyl (C=O) groups excluding carboxylic acids is 1. The first-order valence-corrected chi connectivity index (χ1v) is 8.63. The third-order valence-electron chi connectivity index (χ3n) is 7.08. The van der Waals surface area contributed by atoms with Crippen LogP contribution >= 0.6 is 0 Å². The maximum atomic E-state index is 12.2. The van der Waals surface area contributed by atoms with Crippen LogP contribution < -0.4 is 0 Å². The SMILES string of the molecule is C=CC(C)(O)CCC1(C)C(C)CCC2(C)C(C)=CC(=O)CC21. The number of aliphatic hydroxyl groups is 1. The van der Waals surface area contributed by atoms with Gasteiger partial charge in [-0.15, -0.1) is 6.58 Å². The summed E-state index contributed by atoms with van der Waals surface area (Å²) in [5.74, 6) is 1.22. The van der Waals surface area contributed by atoms with Crippen LogP contribution in [0.5, 0.6) is 0 Å². The highest BCUT2D eigenvalue weighted by Gasteiger charge is 2.54. The largest absolute Gasteiger partial charge is 0.386 e. The van der Waals surface area contributed by atoms with Crippen LogP contribution in [0.3, 0.4) is 0 Å². The normalized spacial score (nSPS) is 41.4. The molecule has 2 nitrogen and oxygen atoms in total. The molecule has 2 rings (SSSR count). The van der Waals surface area contributed by atoms with Gasteiger partial charge in [-0.05, 0) is 68.3 Å². The topological polar surface area (TPSA) is 37.3 Å². The molecule has 2 aliphatic rings. The number of fused-ring (bicyclic) bond motifs is 1. The lowest BCUT2D eigenvalue weighted by atomic mass is 9.46. The van der Waals surface area contributed by atoms with Crippen molar-refractivity contribution in [3.8, 4) is 0 Å². The van der Waals surface area contributed by atoms with Gasteiger partial charge in [0.15, 0.2) is 5.78 Å². The molecular weight excluding hydrogens is 272 g/mol. The van der Waals surface area contributed by atoms with Crippen molar-refractivity contribution < 1.29 is 9.90 Å². The lowest BCUT2D eigenvalue weighted by Crippen LogP contribution is -2.51. The fraction of sp³-hybridized carbons (Fsp3) is 0.750. The Morgan fingerprint density at radius 2 is 2.14 bits per heavy atom. The van der Waals surface area contributed by atoms with E-state index in [-0.39, 0.29) is 16.6 Å². The lowest BCUT2D eigenvalue weighted by Gasteiger charge is -2.58. The Bertz CT molecular complexity index is 502. The monoisotopic (exact) mass is 304 g/mol. The highest BCUT2D eigenvalue weighted by Crippen LogP contribution is 2.61. The smallest absolute Gasteiger partial charge is 0.155 e. The van der Waals surface area contributed by atoms with Crippen molar-refractivity contribution in [3.63, 3.8) is 0 Å². The number of hydrogen-bond donors (Lipinski definition) is 1. The van der Waals surface area contributed by atoms with E-state index in [0.29, 0.717) is 24.7 Å². The quantitative estimate of drug-likeness (QED) is 0.766. The fourth-order valence-corrected chi connectivity index (χ4v) is 4.73. The standard InChI is InChI=1S/C20H32O2/c1-7-18(4,22)10-11-20(6)14(2)8-9-19(5)15(3)12-16(21)13-17(19)20/h7,12,14,17,22H,1,8-11,13H2,2-6H3. The van der Waals surface area contributed by atoms with Crippen LogP contribution in [0, 0.1) is 22.7 Å². The second-order valence-corrected chi connectivity index (χ2v) is 8.47. The first kappa shape index (κ1) is 17.5. The highest BCUT2D eigenvalue weighted by atomic mass is 16.3. The van der Waals surface area contributed by atoms with E-state index in [1.165, 1.54) is 18.4 Å². The molecule has 1 saturated carbocycles. The molecule has 0 radical (unpaired) electrons. The fourth-order valence-electron chi connectivity index (χ4n) is 4.73. The summed E-state index contributed by atoms with van der Waals surface area (Å²) in [5, 5.41) is 10.3. The minimum absolute atomic E-state index is 0.0885. The van der Waals surface area contributed by atoms with Crippen LogP contribution in [0.4, 0.5) is 0 Å². The second kappa shape index (κ2) is 5.63. The first-order chi connectivity index (χ1) is 10.0. The lowest BCUT2D eigenvalue weighted by molar-refractivity contribution is -0.124. The van der Waals surface area contributed by atoms with Gasteiger partial charge in [-0.3, -0.25) is 4.79 Å². The molecule has 0 saturated heterocycles. The van der Waals surface area contributed by atoms with E-state index in [1.54, 1.807) is 6.08 Å². The second-order valence-electron chi connectivity index (χ2n) is 8.47. The number of rotatable bonds is 4. The molecule has 0 bridgehead atoms.